The molecule has 0 saturated carbocycles. The van der Waals surface area contributed by atoms with Gasteiger partial charge >= 0.3 is 0 Å². The second-order valence-electron chi connectivity index (χ2n) is 3.34. The van der Waals surface area contributed by atoms with Crippen molar-refractivity contribution in [1.29, 1.82) is 0 Å². The lowest BCUT2D eigenvalue weighted by Crippen LogP contribution is -2.36. The van der Waals surface area contributed by atoms with Gasteiger partial charge in [-0.25, -0.2) is 0 Å². The third-order valence-electron chi connectivity index (χ3n) is 2.34. The predicted octanol–water partition coefficient (Wildman–Crippen LogP) is 2.05. The molecule has 1 heterocycles. The van der Waals surface area contributed by atoms with Crippen molar-refractivity contribution in [3.05, 3.63) is 12.2 Å². The molecule has 10 heavy (non-hydrogen) atoms. The third-order valence-corrected chi connectivity index (χ3v) is 2.34. The molecule has 0 aromatic rings. The Morgan fingerprint density at radius 1 is 1.50 bits per heavy atom. The normalized spacial score (nSPS) is 28.4. The molecule has 58 valence electrons. The quantitative estimate of drug-likeness (QED) is 0.502. The molecule has 1 aliphatic rings. The van der Waals surface area contributed by atoms with Crippen molar-refractivity contribution >= 4 is 0 Å². The average Bonchev–Trinajstić information content (AvgIpc) is 1.88. The van der Waals surface area contributed by atoms with Gasteiger partial charge in [0.15, 0.2) is 0 Å². The van der Waals surface area contributed by atoms with Gasteiger partial charge in [0, 0.05) is 6.04 Å². The van der Waals surface area contributed by atoms with E-state index in [9.17, 15) is 0 Å². The van der Waals surface area contributed by atoms with Crippen LogP contribution in [0.5, 0.6) is 0 Å². The molecule has 1 rings (SSSR count). The van der Waals surface area contributed by atoms with Crippen LogP contribution in [0.15, 0.2) is 12.2 Å². The largest absolute Gasteiger partial charge is 0.300 e. The van der Waals surface area contributed by atoms with E-state index in [0.29, 0.717) is 6.04 Å². The van der Waals surface area contributed by atoms with Crippen LogP contribution in [0.2, 0.25) is 0 Å². The highest BCUT2D eigenvalue weighted by atomic mass is 15.1. The first kappa shape index (κ1) is 7.80. The van der Waals surface area contributed by atoms with Crippen molar-refractivity contribution in [2.75, 3.05) is 13.6 Å². The molecule has 0 unspecified atom stereocenters. The number of hydrogen-bond donors (Lipinski definition) is 0. The van der Waals surface area contributed by atoms with Crippen LogP contribution in [0.4, 0.5) is 0 Å². The average molecular weight is 139 g/mol. The zero-order chi connectivity index (χ0) is 7.56. The van der Waals surface area contributed by atoms with E-state index in [4.69, 9.17) is 0 Å². The van der Waals surface area contributed by atoms with Crippen molar-refractivity contribution in [2.45, 2.75) is 32.2 Å². The Labute approximate surface area is 63.7 Å². The topological polar surface area (TPSA) is 3.24 Å². The fourth-order valence-electron chi connectivity index (χ4n) is 1.70. The highest BCUT2D eigenvalue weighted by molar-refractivity contribution is 5.02. The predicted molar refractivity (Wildman–Crippen MR) is 45.1 cm³/mol. The summed E-state index contributed by atoms with van der Waals surface area (Å²) in [7, 11) is 2.19. The van der Waals surface area contributed by atoms with Crippen molar-refractivity contribution in [3.63, 3.8) is 0 Å². The number of piperidine rings is 1. The summed E-state index contributed by atoms with van der Waals surface area (Å²) in [4.78, 5) is 2.41. The molecule has 1 aliphatic heterocycles. The lowest BCUT2D eigenvalue weighted by Gasteiger charge is -2.32. The Balaban J connectivity index is 2.47. The standard InChI is InChI=1S/C9H17N/c1-8(2)9-6-4-5-7-10(9)3/h9H,1,4-7H2,2-3H3/t9-/m0/s1. The first-order valence-electron chi connectivity index (χ1n) is 4.07. The van der Waals surface area contributed by atoms with E-state index >= 15 is 0 Å². The van der Waals surface area contributed by atoms with Gasteiger partial charge in [-0.1, -0.05) is 18.6 Å². The van der Waals surface area contributed by atoms with Crippen molar-refractivity contribution < 1.29 is 0 Å². The summed E-state index contributed by atoms with van der Waals surface area (Å²) in [5.74, 6) is 0. The molecule has 0 amide bonds. The van der Waals surface area contributed by atoms with Crippen LogP contribution in [-0.2, 0) is 0 Å². The Kier molecular flexibility index (Phi) is 2.50. The first-order chi connectivity index (χ1) is 4.72. The number of rotatable bonds is 1. The van der Waals surface area contributed by atoms with Gasteiger partial charge in [0.1, 0.15) is 0 Å². The summed E-state index contributed by atoms with van der Waals surface area (Å²) < 4.78 is 0. The molecule has 0 bridgehead atoms. The van der Waals surface area contributed by atoms with E-state index in [-0.39, 0.29) is 0 Å². The number of likely N-dealkylation sites (N-methyl/N-ethyl adjacent to an activating group) is 1. The van der Waals surface area contributed by atoms with Gasteiger partial charge in [0.05, 0.1) is 0 Å². The summed E-state index contributed by atoms with van der Waals surface area (Å²) in [6.45, 7) is 7.37. The van der Waals surface area contributed by atoms with Crippen LogP contribution in [-0.4, -0.2) is 24.5 Å². The lowest BCUT2D eigenvalue weighted by atomic mass is 9.98. The van der Waals surface area contributed by atoms with Gasteiger partial charge in [0.2, 0.25) is 0 Å². The molecule has 1 saturated heterocycles. The van der Waals surface area contributed by atoms with Crippen LogP contribution in [0.1, 0.15) is 26.2 Å². The molecular weight excluding hydrogens is 122 g/mol. The maximum atomic E-state index is 3.99. The maximum Gasteiger partial charge on any atom is 0.0299 e. The van der Waals surface area contributed by atoms with Gasteiger partial charge in [-0.15, -0.1) is 0 Å². The molecule has 0 spiro atoms. The summed E-state index contributed by atoms with van der Waals surface area (Å²) >= 11 is 0. The zero-order valence-electron chi connectivity index (χ0n) is 7.06. The lowest BCUT2D eigenvalue weighted by molar-refractivity contribution is 0.213. The molecule has 1 nitrogen and oxygen atoms in total. The molecule has 0 aromatic carbocycles. The molecule has 1 fully saturated rings. The molecule has 0 radical (unpaired) electrons. The fourth-order valence-corrected chi connectivity index (χ4v) is 1.70. The second-order valence-corrected chi connectivity index (χ2v) is 3.34. The Hall–Kier alpha value is -0.300. The molecule has 0 aromatic heterocycles. The Morgan fingerprint density at radius 2 is 2.20 bits per heavy atom. The van der Waals surface area contributed by atoms with E-state index in [0.717, 1.165) is 0 Å². The maximum absolute atomic E-state index is 3.99. The minimum absolute atomic E-state index is 0.661. The molecular formula is C9H17N. The summed E-state index contributed by atoms with van der Waals surface area (Å²) in [5.41, 5.74) is 1.32. The van der Waals surface area contributed by atoms with Gasteiger partial charge < -0.3 is 0 Å². The van der Waals surface area contributed by atoms with Crippen LogP contribution >= 0.6 is 0 Å². The second kappa shape index (κ2) is 3.20. The molecule has 0 N–H and O–H groups in total. The smallest absolute Gasteiger partial charge is 0.0299 e. The van der Waals surface area contributed by atoms with Gasteiger partial charge in [-0.3, -0.25) is 4.90 Å². The zero-order valence-corrected chi connectivity index (χ0v) is 7.06. The monoisotopic (exact) mass is 139 g/mol. The van der Waals surface area contributed by atoms with Crippen LogP contribution in [0.25, 0.3) is 0 Å². The van der Waals surface area contributed by atoms with Gasteiger partial charge in [-0.05, 0) is 33.4 Å². The molecule has 1 heteroatoms. The Morgan fingerprint density at radius 3 is 2.60 bits per heavy atom. The van der Waals surface area contributed by atoms with Crippen LogP contribution in [0, 0.1) is 0 Å². The minimum atomic E-state index is 0.661. The summed E-state index contributed by atoms with van der Waals surface area (Å²) in [6, 6.07) is 0.661. The first-order valence-corrected chi connectivity index (χ1v) is 4.07. The van der Waals surface area contributed by atoms with Crippen molar-refractivity contribution in [2.24, 2.45) is 0 Å². The molecule has 0 aliphatic carbocycles. The summed E-state index contributed by atoms with van der Waals surface area (Å²) in [5, 5.41) is 0. The third kappa shape index (κ3) is 1.60. The minimum Gasteiger partial charge on any atom is -0.300 e. The van der Waals surface area contributed by atoms with Gasteiger partial charge in [0.25, 0.3) is 0 Å². The molecule has 1 atom stereocenters. The van der Waals surface area contributed by atoms with Crippen LogP contribution in [0.3, 0.4) is 0 Å². The highest BCUT2D eigenvalue weighted by Crippen LogP contribution is 2.19. The SMILES string of the molecule is C=C(C)[C@@H]1CCCCN1C. The van der Waals surface area contributed by atoms with Crippen molar-refractivity contribution in [3.8, 4) is 0 Å². The number of hydrogen-bond acceptors (Lipinski definition) is 1. The summed E-state index contributed by atoms with van der Waals surface area (Å²) in [6.07, 6.45) is 4.05. The fraction of sp³-hybridized carbons (Fsp3) is 0.778. The number of likely N-dealkylation sites (tertiary alicyclic amines) is 1. The number of nitrogens with zero attached hydrogens (tertiary/aromatic N) is 1. The Bertz CT molecular complexity index is 129. The highest BCUT2D eigenvalue weighted by Gasteiger charge is 2.18. The van der Waals surface area contributed by atoms with Crippen LogP contribution < -0.4 is 0 Å². The van der Waals surface area contributed by atoms with E-state index in [1.165, 1.54) is 31.4 Å². The van der Waals surface area contributed by atoms with E-state index in [2.05, 4.69) is 25.5 Å². The van der Waals surface area contributed by atoms with Crippen molar-refractivity contribution in [1.82, 2.24) is 4.90 Å². The van der Waals surface area contributed by atoms with E-state index in [1.807, 2.05) is 0 Å². The van der Waals surface area contributed by atoms with E-state index in [1.54, 1.807) is 0 Å². The van der Waals surface area contributed by atoms with E-state index < -0.39 is 0 Å². The van der Waals surface area contributed by atoms with Gasteiger partial charge in [-0.2, -0.15) is 0 Å².